The molecular formula is C24H30N8O2S. The standard InChI is InChI=1S/C24H30N8O2S/c1-13(2)32-23-18(22(25)27-12-28-23)19(30-32)20-17(21(34-31-20)15-7-8-15)16-9-6-14(10-26-16)11-29-35(33)24(3,4)5/h6,9-10,12-13,15,29H,7-8,11H2,1-5H3,(H2,25,27,28). The second-order valence-corrected chi connectivity index (χ2v) is 12.2. The fourth-order valence-electron chi connectivity index (χ4n) is 3.90. The van der Waals surface area contributed by atoms with Gasteiger partial charge < -0.3 is 14.8 Å². The molecule has 0 aliphatic heterocycles. The van der Waals surface area contributed by atoms with E-state index in [0.29, 0.717) is 40.7 Å². The first-order chi connectivity index (χ1) is 16.6. The van der Waals surface area contributed by atoms with Crippen LogP contribution in [0.5, 0.6) is 0 Å². The Bertz CT molecular complexity index is 1350. The van der Waals surface area contributed by atoms with Crippen LogP contribution in [0, 0.1) is 0 Å². The van der Waals surface area contributed by atoms with Crippen molar-refractivity contribution < 1.29 is 9.08 Å². The minimum atomic E-state index is -1.16. The number of fused-ring (bicyclic) bond motifs is 1. The Morgan fingerprint density at radius 2 is 1.97 bits per heavy atom. The molecule has 1 fully saturated rings. The van der Waals surface area contributed by atoms with Gasteiger partial charge in [0.2, 0.25) is 0 Å². The average molecular weight is 495 g/mol. The summed E-state index contributed by atoms with van der Waals surface area (Å²) in [5.74, 6) is 1.48. The minimum Gasteiger partial charge on any atom is -0.598 e. The maximum atomic E-state index is 12.3. The molecule has 4 aromatic rings. The third kappa shape index (κ3) is 4.51. The molecule has 1 saturated carbocycles. The molecule has 1 atom stereocenters. The van der Waals surface area contributed by atoms with Gasteiger partial charge in [0.05, 0.1) is 23.2 Å². The van der Waals surface area contributed by atoms with Crippen LogP contribution in [0.25, 0.3) is 33.7 Å². The predicted octanol–water partition coefficient (Wildman–Crippen LogP) is 4.14. The van der Waals surface area contributed by atoms with Crippen molar-refractivity contribution in [1.29, 1.82) is 0 Å². The fourth-order valence-corrected chi connectivity index (χ4v) is 4.63. The molecule has 0 saturated heterocycles. The van der Waals surface area contributed by atoms with Crippen molar-refractivity contribution >= 4 is 28.2 Å². The van der Waals surface area contributed by atoms with Gasteiger partial charge in [-0.15, -0.1) is 4.72 Å². The summed E-state index contributed by atoms with van der Waals surface area (Å²) >= 11 is -1.16. The molecule has 1 unspecified atom stereocenters. The summed E-state index contributed by atoms with van der Waals surface area (Å²) < 4.78 is 22.8. The van der Waals surface area contributed by atoms with Gasteiger partial charge in [-0.3, -0.25) is 4.98 Å². The van der Waals surface area contributed by atoms with E-state index < -0.39 is 11.4 Å². The number of nitrogens with zero attached hydrogens (tertiary/aromatic N) is 6. The normalized spacial score (nSPS) is 15.3. The highest BCUT2D eigenvalue weighted by molar-refractivity contribution is 7.90. The van der Waals surface area contributed by atoms with Crippen molar-refractivity contribution in [2.24, 2.45) is 0 Å². The molecule has 4 heterocycles. The molecular weight excluding hydrogens is 464 g/mol. The number of nitrogen functional groups attached to an aromatic ring is 1. The lowest BCUT2D eigenvalue weighted by Gasteiger charge is -2.23. The van der Waals surface area contributed by atoms with E-state index >= 15 is 0 Å². The van der Waals surface area contributed by atoms with Crippen LogP contribution in [0.15, 0.2) is 29.2 Å². The van der Waals surface area contributed by atoms with Gasteiger partial charge in [-0.05, 0) is 59.1 Å². The van der Waals surface area contributed by atoms with Crippen LogP contribution in [-0.4, -0.2) is 39.2 Å². The molecule has 35 heavy (non-hydrogen) atoms. The van der Waals surface area contributed by atoms with Crippen molar-refractivity contribution in [2.45, 2.75) is 70.7 Å². The van der Waals surface area contributed by atoms with Gasteiger partial charge in [0.25, 0.3) is 0 Å². The first-order valence-electron chi connectivity index (χ1n) is 11.7. The highest BCUT2D eigenvalue weighted by Gasteiger charge is 2.35. The minimum absolute atomic E-state index is 0.0716. The van der Waals surface area contributed by atoms with E-state index in [-0.39, 0.29) is 10.8 Å². The molecule has 10 nitrogen and oxygen atoms in total. The van der Waals surface area contributed by atoms with Gasteiger partial charge in [-0.2, -0.15) is 5.10 Å². The van der Waals surface area contributed by atoms with E-state index in [9.17, 15) is 4.55 Å². The number of pyridine rings is 1. The van der Waals surface area contributed by atoms with Gasteiger partial charge in [0.15, 0.2) is 5.65 Å². The van der Waals surface area contributed by atoms with Gasteiger partial charge in [-0.25, -0.2) is 14.6 Å². The highest BCUT2D eigenvalue weighted by Crippen LogP contribution is 2.48. The number of nitrogens with one attached hydrogen (secondary N) is 1. The average Bonchev–Trinajstić information content (AvgIpc) is 3.43. The lowest BCUT2D eigenvalue weighted by Crippen LogP contribution is -2.38. The third-order valence-electron chi connectivity index (χ3n) is 5.94. The largest absolute Gasteiger partial charge is 0.598 e. The zero-order chi connectivity index (χ0) is 24.9. The van der Waals surface area contributed by atoms with Crippen molar-refractivity contribution in [3.63, 3.8) is 0 Å². The second-order valence-electron chi connectivity index (χ2n) is 10.1. The summed E-state index contributed by atoms with van der Waals surface area (Å²) in [5, 5.41) is 9.93. The summed E-state index contributed by atoms with van der Waals surface area (Å²) in [6, 6.07) is 3.99. The molecule has 0 bridgehead atoms. The van der Waals surface area contributed by atoms with E-state index in [2.05, 4.69) is 19.8 Å². The maximum absolute atomic E-state index is 12.3. The van der Waals surface area contributed by atoms with Crippen molar-refractivity contribution in [1.82, 2.24) is 34.6 Å². The molecule has 3 N–H and O–H groups in total. The van der Waals surface area contributed by atoms with Crippen LogP contribution in [-0.2, 0) is 17.9 Å². The van der Waals surface area contributed by atoms with Crippen LogP contribution < -0.4 is 10.5 Å². The Labute approximate surface area is 207 Å². The number of anilines is 1. The Hall–Kier alpha value is -3.02. The van der Waals surface area contributed by atoms with E-state index in [1.54, 1.807) is 6.20 Å². The third-order valence-corrected chi connectivity index (χ3v) is 7.46. The molecule has 0 radical (unpaired) electrons. The summed E-state index contributed by atoms with van der Waals surface area (Å²) in [4.78, 5) is 13.4. The van der Waals surface area contributed by atoms with E-state index in [0.717, 1.165) is 35.4 Å². The quantitative estimate of drug-likeness (QED) is 0.362. The summed E-state index contributed by atoms with van der Waals surface area (Å²) in [6.07, 6.45) is 5.34. The molecule has 1 aliphatic rings. The van der Waals surface area contributed by atoms with E-state index in [4.69, 9.17) is 20.3 Å². The number of nitrogens with two attached hydrogens (primary N) is 1. The van der Waals surface area contributed by atoms with Gasteiger partial charge in [0, 0.05) is 29.5 Å². The zero-order valence-electron chi connectivity index (χ0n) is 20.6. The molecule has 1 aliphatic carbocycles. The molecule has 184 valence electrons. The van der Waals surface area contributed by atoms with Crippen molar-refractivity contribution in [3.8, 4) is 22.6 Å². The van der Waals surface area contributed by atoms with Crippen LogP contribution >= 0.6 is 0 Å². The Balaban J connectivity index is 1.56. The molecule has 0 aromatic carbocycles. The van der Waals surface area contributed by atoms with Crippen LogP contribution in [0.4, 0.5) is 5.82 Å². The van der Waals surface area contributed by atoms with E-state index in [1.165, 1.54) is 6.33 Å². The fraction of sp³-hybridized carbons (Fsp3) is 0.458. The summed E-state index contributed by atoms with van der Waals surface area (Å²) in [6.45, 7) is 10.3. The van der Waals surface area contributed by atoms with Gasteiger partial charge in [-0.1, -0.05) is 11.2 Å². The Kier molecular flexibility index (Phi) is 6.02. The predicted molar refractivity (Wildman–Crippen MR) is 136 cm³/mol. The maximum Gasteiger partial charge on any atom is 0.164 e. The highest BCUT2D eigenvalue weighted by atomic mass is 32.2. The summed E-state index contributed by atoms with van der Waals surface area (Å²) in [7, 11) is 0. The molecule has 11 heteroatoms. The smallest absolute Gasteiger partial charge is 0.164 e. The molecule has 0 amide bonds. The Morgan fingerprint density at radius 1 is 1.20 bits per heavy atom. The lowest BCUT2D eigenvalue weighted by molar-refractivity contribution is 0.386. The SMILES string of the molecule is CC(C)n1nc(-c2noc(C3CC3)c2-c2ccc(CN[S+]([O-])C(C)(C)C)cn2)c2c(N)ncnc21. The molecule has 4 aromatic heterocycles. The number of hydrogen-bond acceptors (Lipinski definition) is 9. The van der Waals surface area contributed by atoms with Gasteiger partial charge >= 0.3 is 0 Å². The van der Waals surface area contributed by atoms with Crippen molar-refractivity contribution in [3.05, 3.63) is 36.0 Å². The monoisotopic (exact) mass is 494 g/mol. The second kappa shape index (κ2) is 8.89. The van der Waals surface area contributed by atoms with Crippen molar-refractivity contribution in [2.75, 3.05) is 5.73 Å². The first-order valence-corrected chi connectivity index (χ1v) is 12.9. The van der Waals surface area contributed by atoms with Crippen LogP contribution in [0.3, 0.4) is 0 Å². The first kappa shape index (κ1) is 23.7. The van der Waals surface area contributed by atoms with Crippen LogP contribution in [0.2, 0.25) is 0 Å². The van der Waals surface area contributed by atoms with Gasteiger partial charge in [0.1, 0.15) is 34.0 Å². The van der Waals surface area contributed by atoms with Crippen LogP contribution in [0.1, 0.15) is 70.7 Å². The number of hydrogen-bond donors (Lipinski definition) is 2. The molecule has 0 spiro atoms. The van der Waals surface area contributed by atoms with E-state index in [1.807, 2.05) is 51.4 Å². The molecule has 5 rings (SSSR count). The lowest BCUT2D eigenvalue weighted by atomic mass is 10.0. The summed E-state index contributed by atoms with van der Waals surface area (Å²) in [5.41, 5.74) is 10.6. The number of aromatic nitrogens is 6. The zero-order valence-corrected chi connectivity index (χ0v) is 21.4. The topological polar surface area (TPSA) is 144 Å². The number of rotatable bonds is 7. The Morgan fingerprint density at radius 3 is 2.60 bits per heavy atom.